The summed E-state index contributed by atoms with van der Waals surface area (Å²) in [6, 6.07) is 39.2. The van der Waals surface area contributed by atoms with Gasteiger partial charge in [-0.05, 0) is 73.3 Å². The minimum Gasteiger partial charge on any atom is -0.330 e. The van der Waals surface area contributed by atoms with Crippen molar-refractivity contribution in [1.82, 2.24) is 4.90 Å². The summed E-state index contributed by atoms with van der Waals surface area (Å²) in [5.74, 6) is -0.205. The number of piperidine rings is 1. The molecule has 0 bridgehead atoms. The van der Waals surface area contributed by atoms with Gasteiger partial charge in [-0.3, -0.25) is 0 Å². The largest absolute Gasteiger partial charge is 0.330 e. The van der Waals surface area contributed by atoms with E-state index in [1.54, 1.807) is 12.1 Å². The normalized spacial score (nSPS) is 16.1. The fourth-order valence-electron chi connectivity index (χ4n) is 6.05. The zero-order valence-corrected chi connectivity index (χ0v) is 20.8. The average Bonchev–Trinajstić information content (AvgIpc) is 2.96. The monoisotopic (exact) mass is 478 g/mol. The third-order valence-corrected chi connectivity index (χ3v) is 8.26. The molecule has 1 heterocycles. The van der Waals surface area contributed by atoms with Crippen LogP contribution in [0, 0.1) is 5.82 Å². The first-order valence-electron chi connectivity index (χ1n) is 13.0. The quantitative estimate of drug-likeness (QED) is 0.291. The molecule has 0 unspecified atom stereocenters. The molecule has 184 valence electrons. The standard InChI is InChI=1S/C33H35FN2/c34-31-18-16-30(17-19-31)33(28-12-6-2-7-13-28,29-14-8-3-9-15-29)22-25-36-23-20-32(26-35,21-24-36)27-10-4-1-5-11-27/h1-19H,20-26,35H2. The second kappa shape index (κ2) is 10.8. The Morgan fingerprint density at radius 1 is 0.667 bits per heavy atom. The van der Waals surface area contributed by atoms with Crippen LogP contribution in [-0.4, -0.2) is 31.1 Å². The molecule has 0 aromatic heterocycles. The molecule has 36 heavy (non-hydrogen) atoms. The zero-order valence-electron chi connectivity index (χ0n) is 20.8. The van der Waals surface area contributed by atoms with E-state index >= 15 is 0 Å². The third-order valence-electron chi connectivity index (χ3n) is 8.26. The van der Waals surface area contributed by atoms with Gasteiger partial charge in [-0.15, -0.1) is 0 Å². The lowest BCUT2D eigenvalue weighted by atomic mass is 9.67. The van der Waals surface area contributed by atoms with Crippen molar-refractivity contribution in [2.24, 2.45) is 5.73 Å². The molecule has 2 nitrogen and oxygen atoms in total. The lowest BCUT2D eigenvalue weighted by molar-refractivity contribution is 0.155. The highest BCUT2D eigenvalue weighted by atomic mass is 19.1. The highest BCUT2D eigenvalue weighted by Crippen LogP contribution is 2.43. The lowest BCUT2D eigenvalue weighted by Gasteiger charge is -2.43. The number of rotatable bonds is 8. The van der Waals surface area contributed by atoms with Crippen molar-refractivity contribution in [3.63, 3.8) is 0 Å². The van der Waals surface area contributed by atoms with Crippen molar-refractivity contribution in [2.45, 2.75) is 30.1 Å². The fraction of sp³-hybridized carbons (Fsp3) is 0.273. The van der Waals surface area contributed by atoms with Crippen molar-refractivity contribution in [2.75, 3.05) is 26.2 Å². The van der Waals surface area contributed by atoms with Crippen LogP contribution in [0.25, 0.3) is 0 Å². The number of nitrogens with two attached hydrogens (primary N) is 1. The Labute approximate surface area is 214 Å². The van der Waals surface area contributed by atoms with E-state index in [0.717, 1.165) is 44.5 Å². The maximum absolute atomic E-state index is 14.0. The second-order valence-electron chi connectivity index (χ2n) is 10.1. The lowest BCUT2D eigenvalue weighted by Crippen LogP contribution is -2.47. The van der Waals surface area contributed by atoms with E-state index in [1.165, 1.54) is 16.7 Å². The van der Waals surface area contributed by atoms with E-state index in [2.05, 4.69) is 95.9 Å². The first-order valence-corrected chi connectivity index (χ1v) is 13.0. The van der Waals surface area contributed by atoms with Crippen LogP contribution in [0.2, 0.25) is 0 Å². The van der Waals surface area contributed by atoms with Gasteiger partial charge in [0.25, 0.3) is 0 Å². The molecule has 1 aliphatic heterocycles. The molecule has 1 fully saturated rings. The van der Waals surface area contributed by atoms with Crippen LogP contribution in [0.1, 0.15) is 41.5 Å². The predicted octanol–water partition coefficient (Wildman–Crippen LogP) is 6.54. The summed E-state index contributed by atoms with van der Waals surface area (Å²) in [7, 11) is 0. The van der Waals surface area contributed by atoms with Crippen LogP contribution in [0.15, 0.2) is 115 Å². The Morgan fingerprint density at radius 3 is 1.64 bits per heavy atom. The summed E-state index contributed by atoms with van der Waals surface area (Å²) in [4.78, 5) is 2.58. The molecule has 1 aliphatic rings. The van der Waals surface area contributed by atoms with Crippen molar-refractivity contribution in [3.8, 4) is 0 Å². The van der Waals surface area contributed by atoms with Gasteiger partial charge in [0.2, 0.25) is 0 Å². The summed E-state index contributed by atoms with van der Waals surface area (Å²) < 4.78 is 14.0. The number of benzene rings is 4. The first kappa shape index (κ1) is 24.4. The molecule has 4 aromatic carbocycles. The summed E-state index contributed by atoms with van der Waals surface area (Å²) in [6.45, 7) is 3.68. The summed E-state index contributed by atoms with van der Waals surface area (Å²) in [5.41, 5.74) is 11.0. The van der Waals surface area contributed by atoms with Crippen LogP contribution in [0.4, 0.5) is 4.39 Å². The highest BCUT2D eigenvalue weighted by Gasteiger charge is 2.39. The Hall–Kier alpha value is -3.27. The molecular weight excluding hydrogens is 443 g/mol. The molecule has 2 N–H and O–H groups in total. The molecule has 0 amide bonds. The van der Waals surface area contributed by atoms with E-state index in [1.807, 2.05) is 12.1 Å². The number of likely N-dealkylation sites (tertiary alicyclic amines) is 1. The van der Waals surface area contributed by atoms with Gasteiger partial charge in [0.15, 0.2) is 0 Å². The van der Waals surface area contributed by atoms with Crippen molar-refractivity contribution in [3.05, 3.63) is 143 Å². The van der Waals surface area contributed by atoms with Gasteiger partial charge < -0.3 is 10.6 Å². The number of nitrogens with zero attached hydrogens (tertiary/aromatic N) is 1. The second-order valence-corrected chi connectivity index (χ2v) is 10.1. The van der Waals surface area contributed by atoms with Crippen molar-refractivity contribution in [1.29, 1.82) is 0 Å². The van der Waals surface area contributed by atoms with Crippen LogP contribution in [0.3, 0.4) is 0 Å². The van der Waals surface area contributed by atoms with Crippen LogP contribution in [0.5, 0.6) is 0 Å². The summed E-state index contributed by atoms with van der Waals surface area (Å²) in [6.07, 6.45) is 3.04. The van der Waals surface area contributed by atoms with E-state index < -0.39 is 0 Å². The Morgan fingerprint density at radius 2 is 1.14 bits per heavy atom. The van der Waals surface area contributed by atoms with Gasteiger partial charge in [0, 0.05) is 17.4 Å². The molecule has 0 saturated carbocycles. The van der Waals surface area contributed by atoms with Crippen LogP contribution >= 0.6 is 0 Å². The molecule has 0 radical (unpaired) electrons. The molecule has 1 saturated heterocycles. The van der Waals surface area contributed by atoms with E-state index in [0.29, 0.717) is 6.54 Å². The Balaban J connectivity index is 1.45. The maximum atomic E-state index is 14.0. The zero-order chi connectivity index (χ0) is 24.8. The van der Waals surface area contributed by atoms with Crippen molar-refractivity contribution >= 4 is 0 Å². The van der Waals surface area contributed by atoms with Crippen LogP contribution < -0.4 is 5.73 Å². The number of hydrogen-bond acceptors (Lipinski definition) is 2. The van der Waals surface area contributed by atoms with E-state index in [4.69, 9.17) is 5.73 Å². The highest BCUT2D eigenvalue weighted by molar-refractivity contribution is 5.50. The summed E-state index contributed by atoms with van der Waals surface area (Å²) in [5, 5.41) is 0. The smallest absolute Gasteiger partial charge is 0.123 e. The molecule has 3 heteroatoms. The van der Waals surface area contributed by atoms with Gasteiger partial charge in [-0.2, -0.15) is 0 Å². The van der Waals surface area contributed by atoms with E-state index in [9.17, 15) is 4.39 Å². The summed E-state index contributed by atoms with van der Waals surface area (Å²) >= 11 is 0. The number of halogens is 1. The molecule has 0 spiro atoms. The third kappa shape index (κ3) is 4.74. The fourth-order valence-corrected chi connectivity index (χ4v) is 6.05. The SMILES string of the molecule is NCC1(c2ccccc2)CCN(CCC(c2ccccc2)(c2ccccc2)c2ccc(F)cc2)CC1. The van der Waals surface area contributed by atoms with Gasteiger partial charge in [0.1, 0.15) is 5.82 Å². The molecule has 0 atom stereocenters. The molecular formula is C33H35FN2. The minimum absolute atomic E-state index is 0.0602. The Kier molecular flexibility index (Phi) is 7.31. The van der Waals surface area contributed by atoms with E-state index in [-0.39, 0.29) is 16.6 Å². The minimum atomic E-state index is -0.363. The Bertz CT molecular complexity index is 1180. The maximum Gasteiger partial charge on any atom is 0.123 e. The van der Waals surface area contributed by atoms with Gasteiger partial charge in [-0.25, -0.2) is 4.39 Å². The average molecular weight is 479 g/mol. The number of hydrogen-bond donors (Lipinski definition) is 1. The molecule has 5 rings (SSSR count). The molecule has 0 aliphatic carbocycles. The van der Waals surface area contributed by atoms with Gasteiger partial charge in [-0.1, -0.05) is 103 Å². The topological polar surface area (TPSA) is 29.3 Å². The van der Waals surface area contributed by atoms with Gasteiger partial charge >= 0.3 is 0 Å². The first-order chi connectivity index (χ1) is 17.7. The van der Waals surface area contributed by atoms with Crippen LogP contribution in [-0.2, 0) is 10.8 Å². The van der Waals surface area contributed by atoms with Gasteiger partial charge in [0.05, 0.1) is 0 Å². The molecule has 4 aromatic rings. The predicted molar refractivity (Wildman–Crippen MR) is 147 cm³/mol. The van der Waals surface area contributed by atoms with Crippen molar-refractivity contribution < 1.29 is 4.39 Å².